The summed E-state index contributed by atoms with van der Waals surface area (Å²) >= 11 is 0. The summed E-state index contributed by atoms with van der Waals surface area (Å²) in [5.41, 5.74) is 5.38. The number of allylic oxidation sites excluding steroid dienone is 2. The zero-order valence-electron chi connectivity index (χ0n) is 6.41. The molecule has 0 fully saturated rings. The maximum atomic E-state index is 10.6. The van der Waals surface area contributed by atoms with Crippen LogP contribution >= 0.6 is 0 Å². The molecule has 0 aliphatic heterocycles. The lowest BCUT2D eigenvalue weighted by molar-refractivity contribution is -0.122. The third-order valence-corrected chi connectivity index (χ3v) is 1.75. The van der Waals surface area contributed by atoms with E-state index in [1.807, 2.05) is 0 Å². The van der Waals surface area contributed by atoms with Crippen LogP contribution in [0.1, 0.15) is 6.42 Å². The van der Waals surface area contributed by atoms with Crippen molar-refractivity contribution in [3.63, 3.8) is 0 Å². The zero-order valence-corrected chi connectivity index (χ0v) is 6.41. The van der Waals surface area contributed by atoms with Gasteiger partial charge in [0.25, 0.3) is 0 Å². The van der Waals surface area contributed by atoms with Gasteiger partial charge in [0.05, 0.1) is 0 Å². The molecule has 0 aromatic heterocycles. The largest absolute Gasteiger partial charge is 0.402 e. The highest BCUT2D eigenvalue weighted by Gasteiger charge is 2.28. The van der Waals surface area contributed by atoms with Crippen LogP contribution in [0, 0.1) is 0 Å². The molecule has 0 radical (unpaired) electrons. The molecule has 3 nitrogen and oxygen atoms in total. The molecule has 0 amide bonds. The molecular weight excluding hydrogens is 142 g/mol. The van der Waals surface area contributed by atoms with Gasteiger partial charge in [-0.25, -0.2) is 0 Å². The van der Waals surface area contributed by atoms with Crippen molar-refractivity contribution in [3.8, 4) is 0 Å². The first-order valence-electron chi connectivity index (χ1n) is 3.38. The number of aldehydes is 1. The Morgan fingerprint density at radius 1 is 1.82 bits per heavy atom. The van der Waals surface area contributed by atoms with Crippen LogP contribution in [0.2, 0.25) is 0 Å². The normalized spacial score (nSPS) is 29.7. The van der Waals surface area contributed by atoms with Crippen LogP contribution in [0.3, 0.4) is 0 Å². The summed E-state index contributed by atoms with van der Waals surface area (Å²) in [6.45, 7) is 0. The number of rotatable bonds is 2. The summed E-state index contributed by atoms with van der Waals surface area (Å²) < 4.78 is 5.02. The van der Waals surface area contributed by atoms with Crippen LogP contribution in [-0.4, -0.2) is 19.0 Å². The fraction of sp³-hybridized carbons (Fsp3) is 0.375. The summed E-state index contributed by atoms with van der Waals surface area (Å²) in [6, 6.07) is 0. The molecule has 0 spiro atoms. The van der Waals surface area contributed by atoms with Crippen LogP contribution < -0.4 is 5.73 Å². The highest BCUT2D eigenvalue weighted by Crippen LogP contribution is 2.21. The van der Waals surface area contributed by atoms with E-state index in [0.717, 1.165) is 6.29 Å². The molecule has 1 rings (SSSR count). The number of nitrogens with two attached hydrogens (primary N) is 1. The van der Waals surface area contributed by atoms with E-state index in [4.69, 9.17) is 10.5 Å². The molecule has 0 heterocycles. The number of ether oxygens (including phenoxy) is 1. The van der Waals surface area contributed by atoms with E-state index in [1.54, 1.807) is 18.2 Å². The van der Waals surface area contributed by atoms with Crippen molar-refractivity contribution in [2.45, 2.75) is 12.0 Å². The molecule has 0 saturated carbocycles. The maximum absolute atomic E-state index is 10.6. The van der Waals surface area contributed by atoms with Crippen molar-refractivity contribution in [3.05, 3.63) is 23.9 Å². The second-order valence-corrected chi connectivity index (χ2v) is 2.55. The predicted molar refractivity (Wildman–Crippen MR) is 41.8 cm³/mol. The molecule has 0 aromatic carbocycles. The summed E-state index contributed by atoms with van der Waals surface area (Å²) in [6.07, 6.45) is 6.42. The summed E-state index contributed by atoms with van der Waals surface area (Å²) in [7, 11) is 1.50. The quantitative estimate of drug-likeness (QED) is 0.583. The van der Waals surface area contributed by atoms with E-state index >= 15 is 0 Å². The van der Waals surface area contributed by atoms with Gasteiger partial charge in [-0.05, 0) is 12.2 Å². The van der Waals surface area contributed by atoms with Gasteiger partial charge < -0.3 is 10.5 Å². The van der Waals surface area contributed by atoms with E-state index in [-0.39, 0.29) is 0 Å². The van der Waals surface area contributed by atoms with Crippen molar-refractivity contribution in [1.29, 1.82) is 0 Å². The fourth-order valence-electron chi connectivity index (χ4n) is 1.04. The molecule has 0 saturated heterocycles. The molecule has 0 bridgehead atoms. The number of carbonyl (C=O) groups is 1. The SMILES string of the molecule is COC1(C=O)C=CC=C(N)C1. The lowest BCUT2D eigenvalue weighted by atomic mass is 9.95. The first-order valence-corrected chi connectivity index (χ1v) is 3.38. The lowest BCUT2D eigenvalue weighted by Gasteiger charge is -2.24. The summed E-state index contributed by atoms with van der Waals surface area (Å²) in [4.78, 5) is 10.6. The topological polar surface area (TPSA) is 52.3 Å². The van der Waals surface area contributed by atoms with Gasteiger partial charge in [-0.1, -0.05) is 6.08 Å². The second kappa shape index (κ2) is 2.88. The van der Waals surface area contributed by atoms with Crippen LogP contribution in [0.15, 0.2) is 23.9 Å². The predicted octanol–water partition coefficient (Wildman–Crippen LogP) is 0.373. The van der Waals surface area contributed by atoms with Gasteiger partial charge in [0.15, 0.2) is 6.29 Å². The van der Waals surface area contributed by atoms with E-state index < -0.39 is 5.60 Å². The van der Waals surface area contributed by atoms with E-state index in [9.17, 15) is 4.79 Å². The van der Waals surface area contributed by atoms with Crippen LogP contribution in [-0.2, 0) is 9.53 Å². The Bertz CT molecular complexity index is 220. The van der Waals surface area contributed by atoms with E-state index in [2.05, 4.69) is 0 Å². The van der Waals surface area contributed by atoms with Gasteiger partial charge in [0, 0.05) is 19.2 Å². The van der Waals surface area contributed by atoms with E-state index in [1.165, 1.54) is 7.11 Å². The smallest absolute Gasteiger partial charge is 0.156 e. The average Bonchev–Trinajstić information content (AvgIpc) is 2.04. The van der Waals surface area contributed by atoms with E-state index in [0.29, 0.717) is 12.1 Å². The Kier molecular flexibility index (Phi) is 2.10. The van der Waals surface area contributed by atoms with Gasteiger partial charge in [-0.15, -0.1) is 0 Å². The molecule has 1 aliphatic carbocycles. The third-order valence-electron chi connectivity index (χ3n) is 1.75. The van der Waals surface area contributed by atoms with Crippen molar-refractivity contribution < 1.29 is 9.53 Å². The first-order chi connectivity index (χ1) is 5.22. The lowest BCUT2D eigenvalue weighted by Crippen LogP contribution is -2.34. The highest BCUT2D eigenvalue weighted by molar-refractivity contribution is 5.68. The zero-order chi connectivity index (χ0) is 8.32. The minimum absolute atomic E-state index is 0.448. The average molecular weight is 153 g/mol. The second-order valence-electron chi connectivity index (χ2n) is 2.55. The molecule has 0 aromatic rings. The monoisotopic (exact) mass is 153 g/mol. The highest BCUT2D eigenvalue weighted by atomic mass is 16.5. The van der Waals surface area contributed by atoms with Crippen molar-refractivity contribution in [1.82, 2.24) is 0 Å². The molecule has 2 N–H and O–H groups in total. The van der Waals surface area contributed by atoms with Crippen molar-refractivity contribution in [2.75, 3.05) is 7.11 Å². The van der Waals surface area contributed by atoms with Crippen molar-refractivity contribution in [2.24, 2.45) is 5.73 Å². The Labute approximate surface area is 65.5 Å². The molecule has 1 atom stereocenters. The minimum atomic E-state index is -0.821. The molecule has 3 heteroatoms. The van der Waals surface area contributed by atoms with Crippen LogP contribution in [0.25, 0.3) is 0 Å². The Morgan fingerprint density at radius 2 is 2.55 bits per heavy atom. The van der Waals surface area contributed by atoms with Crippen molar-refractivity contribution >= 4 is 6.29 Å². The molecule has 1 unspecified atom stereocenters. The molecular formula is C8H11NO2. The minimum Gasteiger partial charge on any atom is -0.402 e. The molecule has 1 aliphatic rings. The van der Waals surface area contributed by atoms with Gasteiger partial charge >= 0.3 is 0 Å². The summed E-state index contributed by atoms with van der Waals surface area (Å²) in [5.74, 6) is 0. The summed E-state index contributed by atoms with van der Waals surface area (Å²) in [5, 5.41) is 0. The third kappa shape index (κ3) is 1.49. The van der Waals surface area contributed by atoms with Gasteiger partial charge in [0.1, 0.15) is 5.60 Å². The standard InChI is InChI=1S/C8H11NO2/c1-11-8(6-10)4-2-3-7(9)5-8/h2-4,6H,5,9H2,1H3. The van der Waals surface area contributed by atoms with Gasteiger partial charge in [-0.2, -0.15) is 0 Å². The number of methoxy groups -OCH3 is 1. The Balaban J connectivity index is 2.83. The molecule has 11 heavy (non-hydrogen) atoms. The van der Waals surface area contributed by atoms with Gasteiger partial charge in [0.2, 0.25) is 0 Å². The number of hydrogen-bond donors (Lipinski definition) is 1. The Morgan fingerprint density at radius 3 is 2.91 bits per heavy atom. The Hall–Kier alpha value is -1.09. The number of carbonyl (C=O) groups excluding carboxylic acids is 1. The van der Waals surface area contributed by atoms with Gasteiger partial charge in [-0.3, -0.25) is 4.79 Å². The molecule has 60 valence electrons. The first kappa shape index (κ1) is 8.01. The van der Waals surface area contributed by atoms with Crippen LogP contribution in [0.5, 0.6) is 0 Å². The fourth-order valence-corrected chi connectivity index (χ4v) is 1.04. The van der Waals surface area contributed by atoms with Crippen LogP contribution in [0.4, 0.5) is 0 Å². The number of hydrogen-bond acceptors (Lipinski definition) is 3. The maximum Gasteiger partial charge on any atom is 0.156 e.